The Bertz CT molecular complexity index is 1110. The number of piperidine rings is 1. The molecule has 0 saturated carbocycles. The van der Waals surface area contributed by atoms with Gasteiger partial charge in [-0.05, 0) is 37.3 Å². The zero-order valence-electron chi connectivity index (χ0n) is 18.3. The highest BCUT2D eigenvalue weighted by Gasteiger charge is 2.38. The minimum Gasteiger partial charge on any atom is -0.343 e. The van der Waals surface area contributed by atoms with Crippen LogP contribution in [0.15, 0.2) is 23.0 Å². The lowest BCUT2D eigenvalue weighted by Crippen LogP contribution is -2.38. The third-order valence-corrected chi connectivity index (χ3v) is 5.94. The fraction of sp³-hybridized carbons (Fsp3) is 0.545. The molecule has 0 radical (unpaired) electrons. The Hall–Kier alpha value is -2.91. The lowest BCUT2D eigenvalue weighted by Gasteiger charge is -2.31. The summed E-state index contributed by atoms with van der Waals surface area (Å²) in [6.07, 6.45) is 0.471. The average molecular weight is 449 g/mol. The van der Waals surface area contributed by atoms with Gasteiger partial charge < -0.3 is 9.42 Å². The van der Waals surface area contributed by atoms with Crippen LogP contribution in [0.2, 0.25) is 0 Å². The number of aryl methyl sites for hydroxylation is 2. The normalized spacial score (nSPS) is 15.8. The number of amides is 1. The quantitative estimate of drug-likeness (QED) is 0.566. The molecule has 0 atom stereocenters. The van der Waals surface area contributed by atoms with Gasteiger partial charge in [0.25, 0.3) is 5.71 Å². The maximum atomic E-state index is 13.8. The maximum Gasteiger partial charge on any atom is 0.417 e. The van der Waals surface area contributed by atoms with Crippen LogP contribution in [0.3, 0.4) is 0 Å². The van der Waals surface area contributed by atoms with E-state index < -0.39 is 11.7 Å². The topological polar surface area (TPSA) is 77.0 Å². The van der Waals surface area contributed by atoms with Crippen molar-refractivity contribution >= 4 is 17.0 Å². The van der Waals surface area contributed by atoms with Gasteiger partial charge in [-0.1, -0.05) is 19.0 Å². The zero-order valence-corrected chi connectivity index (χ0v) is 18.3. The van der Waals surface area contributed by atoms with Gasteiger partial charge in [-0.25, -0.2) is 4.98 Å². The van der Waals surface area contributed by atoms with Crippen LogP contribution in [-0.4, -0.2) is 43.8 Å². The van der Waals surface area contributed by atoms with Gasteiger partial charge in [0.15, 0.2) is 0 Å². The van der Waals surface area contributed by atoms with Crippen LogP contribution in [0, 0.1) is 6.92 Å². The fourth-order valence-electron chi connectivity index (χ4n) is 4.15. The van der Waals surface area contributed by atoms with Crippen molar-refractivity contribution in [2.45, 2.75) is 64.6 Å². The lowest BCUT2D eigenvalue weighted by molar-refractivity contribution is -0.136. The van der Waals surface area contributed by atoms with Crippen molar-refractivity contribution in [2.24, 2.45) is 0 Å². The number of aromatic nitrogens is 4. The first kappa shape index (κ1) is 22.3. The van der Waals surface area contributed by atoms with E-state index in [2.05, 4.69) is 15.2 Å². The first-order chi connectivity index (χ1) is 15.1. The molecule has 0 bridgehead atoms. The number of carbonyl (C=O) groups is 1. The highest BCUT2D eigenvalue weighted by atomic mass is 19.4. The van der Waals surface area contributed by atoms with E-state index in [1.807, 2.05) is 13.1 Å². The van der Waals surface area contributed by atoms with Gasteiger partial charge in [0.1, 0.15) is 0 Å². The Kier molecular flexibility index (Phi) is 5.96. The fourth-order valence-corrected chi connectivity index (χ4v) is 4.15. The number of hydrogen-bond donors (Lipinski definition) is 0. The van der Waals surface area contributed by atoms with Crippen LogP contribution in [0.25, 0.3) is 11.1 Å². The third kappa shape index (κ3) is 4.49. The summed E-state index contributed by atoms with van der Waals surface area (Å²) in [5, 5.41) is 8.12. The van der Waals surface area contributed by atoms with Crippen LogP contribution in [0.4, 0.5) is 13.2 Å². The van der Waals surface area contributed by atoms with E-state index in [1.165, 1.54) is 0 Å². The summed E-state index contributed by atoms with van der Waals surface area (Å²) >= 11 is 0. The van der Waals surface area contributed by atoms with Crippen molar-refractivity contribution in [3.8, 4) is 0 Å². The second-order valence-electron chi connectivity index (χ2n) is 8.68. The number of fused-ring (bicyclic) bond motifs is 1. The number of nitrogens with zero attached hydrogens (tertiary/aromatic N) is 5. The molecular weight excluding hydrogens is 423 g/mol. The van der Waals surface area contributed by atoms with Gasteiger partial charge in [0, 0.05) is 43.9 Å². The van der Waals surface area contributed by atoms with E-state index in [-0.39, 0.29) is 34.5 Å². The molecule has 0 N–H and O–H groups in total. The summed E-state index contributed by atoms with van der Waals surface area (Å²) in [7, 11) is 0. The maximum absolute atomic E-state index is 13.8. The first-order valence-corrected chi connectivity index (χ1v) is 10.8. The number of halogens is 3. The number of carbonyl (C=O) groups excluding carboxylic acids is 1. The molecule has 4 rings (SSSR count). The van der Waals surface area contributed by atoms with Crippen LogP contribution in [0.5, 0.6) is 0 Å². The second-order valence-corrected chi connectivity index (χ2v) is 8.68. The Labute approximate surface area is 183 Å². The molecule has 7 nitrogen and oxygen atoms in total. The molecule has 0 aromatic carbocycles. The molecule has 0 unspecified atom stereocenters. The summed E-state index contributed by atoms with van der Waals surface area (Å²) in [6, 6.07) is 1.10. The number of hydrogen-bond acceptors (Lipinski definition) is 5. The predicted molar refractivity (Wildman–Crippen MR) is 111 cm³/mol. The monoisotopic (exact) mass is 449 g/mol. The molecular formula is C22H26F3N5O2. The molecule has 1 saturated heterocycles. The molecule has 3 aromatic heterocycles. The summed E-state index contributed by atoms with van der Waals surface area (Å²) in [6.45, 7) is 6.94. The Morgan fingerprint density at radius 3 is 2.59 bits per heavy atom. The predicted octanol–water partition coefficient (Wildman–Crippen LogP) is 4.67. The molecule has 1 amide bonds. The van der Waals surface area contributed by atoms with Crippen molar-refractivity contribution in [3.05, 3.63) is 41.0 Å². The SMILES string of the molecule is Cc1cnn(CCC(=O)N2CCC(c3noc4nc(C(C)C)cc(C(F)(F)F)c34)CC2)c1. The summed E-state index contributed by atoms with van der Waals surface area (Å²) in [4.78, 5) is 18.6. The highest BCUT2D eigenvalue weighted by Crippen LogP contribution is 2.41. The van der Waals surface area contributed by atoms with Crippen molar-refractivity contribution < 1.29 is 22.5 Å². The van der Waals surface area contributed by atoms with Crippen molar-refractivity contribution in [1.29, 1.82) is 0 Å². The molecule has 0 spiro atoms. The van der Waals surface area contributed by atoms with E-state index >= 15 is 0 Å². The van der Waals surface area contributed by atoms with Gasteiger partial charge >= 0.3 is 6.18 Å². The van der Waals surface area contributed by atoms with Gasteiger partial charge in [0.05, 0.1) is 22.8 Å². The Balaban J connectivity index is 1.48. The van der Waals surface area contributed by atoms with Crippen LogP contribution >= 0.6 is 0 Å². The molecule has 172 valence electrons. The number of alkyl halides is 3. The molecule has 3 aromatic rings. The van der Waals surface area contributed by atoms with Crippen LogP contribution in [0.1, 0.15) is 67.5 Å². The second kappa shape index (κ2) is 8.55. The minimum atomic E-state index is -4.54. The largest absolute Gasteiger partial charge is 0.417 e. The van der Waals surface area contributed by atoms with Crippen LogP contribution in [-0.2, 0) is 17.5 Å². The molecule has 1 aliphatic heterocycles. The van der Waals surface area contributed by atoms with Gasteiger partial charge in [-0.3, -0.25) is 9.48 Å². The Morgan fingerprint density at radius 2 is 2.00 bits per heavy atom. The summed E-state index contributed by atoms with van der Waals surface area (Å²) in [5.74, 6) is -0.378. The third-order valence-electron chi connectivity index (χ3n) is 5.94. The first-order valence-electron chi connectivity index (χ1n) is 10.8. The summed E-state index contributed by atoms with van der Waals surface area (Å²) < 4.78 is 48.4. The van der Waals surface area contributed by atoms with E-state index in [4.69, 9.17) is 4.52 Å². The smallest absolute Gasteiger partial charge is 0.343 e. The van der Waals surface area contributed by atoms with Crippen molar-refractivity contribution in [2.75, 3.05) is 13.1 Å². The molecule has 32 heavy (non-hydrogen) atoms. The minimum absolute atomic E-state index is 0.0147. The lowest BCUT2D eigenvalue weighted by atomic mass is 9.90. The van der Waals surface area contributed by atoms with E-state index in [0.29, 0.717) is 44.6 Å². The van der Waals surface area contributed by atoms with E-state index in [1.54, 1.807) is 29.6 Å². The summed E-state index contributed by atoms with van der Waals surface area (Å²) in [5.41, 5.74) is 0.808. The van der Waals surface area contributed by atoms with Crippen LogP contribution < -0.4 is 0 Å². The Morgan fingerprint density at radius 1 is 1.28 bits per heavy atom. The highest BCUT2D eigenvalue weighted by molar-refractivity contribution is 5.82. The average Bonchev–Trinajstić information content (AvgIpc) is 3.36. The van der Waals surface area contributed by atoms with Crippen molar-refractivity contribution in [3.63, 3.8) is 0 Å². The molecule has 4 heterocycles. The number of likely N-dealkylation sites (tertiary alicyclic amines) is 1. The molecule has 1 aliphatic rings. The molecule has 10 heteroatoms. The standard InChI is InChI=1S/C22H26F3N5O2/c1-13(2)17-10-16(22(23,24)25)19-20(28-32-21(19)27-17)15-4-7-29(8-5-15)18(31)6-9-30-12-14(3)11-26-30/h10-13,15H,4-9H2,1-3H3. The van der Waals surface area contributed by atoms with E-state index in [0.717, 1.165) is 11.6 Å². The van der Waals surface area contributed by atoms with Gasteiger partial charge in [-0.2, -0.15) is 18.3 Å². The van der Waals surface area contributed by atoms with Crippen molar-refractivity contribution in [1.82, 2.24) is 24.8 Å². The number of rotatable bonds is 5. The number of pyridine rings is 1. The zero-order chi connectivity index (χ0) is 23.0. The van der Waals surface area contributed by atoms with Gasteiger partial charge in [-0.15, -0.1) is 0 Å². The molecule has 0 aliphatic carbocycles. The molecule has 1 fully saturated rings. The van der Waals surface area contributed by atoms with Gasteiger partial charge in [0.2, 0.25) is 5.91 Å². The van der Waals surface area contributed by atoms with E-state index in [9.17, 15) is 18.0 Å².